The van der Waals surface area contributed by atoms with Crippen molar-refractivity contribution in [1.29, 1.82) is 5.41 Å². The molecular formula is C11H17N. The molecule has 0 atom stereocenters. The first kappa shape index (κ1) is 10.9. The van der Waals surface area contributed by atoms with Crippen LogP contribution in [0.4, 0.5) is 0 Å². The smallest absolute Gasteiger partial charge is 0.0414 e. The van der Waals surface area contributed by atoms with Gasteiger partial charge in [-0.2, -0.15) is 0 Å². The van der Waals surface area contributed by atoms with E-state index in [0.717, 1.165) is 11.1 Å². The number of hydrogen-bond donors (Lipinski definition) is 1. The first-order valence-electron chi connectivity index (χ1n) is 4.08. The Hall–Kier alpha value is -1.11. The quantitative estimate of drug-likeness (QED) is 0.485. The van der Waals surface area contributed by atoms with Crippen LogP contribution in [-0.4, -0.2) is 5.71 Å². The van der Waals surface area contributed by atoms with Crippen molar-refractivity contribution in [2.24, 2.45) is 5.92 Å². The molecular weight excluding hydrogens is 146 g/mol. The van der Waals surface area contributed by atoms with E-state index in [9.17, 15) is 0 Å². The molecule has 0 aromatic rings. The summed E-state index contributed by atoms with van der Waals surface area (Å²) >= 11 is 0. The van der Waals surface area contributed by atoms with Crippen LogP contribution in [0.1, 0.15) is 20.8 Å². The van der Waals surface area contributed by atoms with E-state index in [4.69, 9.17) is 5.41 Å². The van der Waals surface area contributed by atoms with Crippen LogP contribution < -0.4 is 0 Å². The van der Waals surface area contributed by atoms with Gasteiger partial charge in [0, 0.05) is 5.71 Å². The highest BCUT2D eigenvalue weighted by Crippen LogP contribution is 2.13. The molecule has 0 fully saturated rings. The molecule has 0 saturated heterocycles. The van der Waals surface area contributed by atoms with Gasteiger partial charge in [-0.3, -0.25) is 0 Å². The van der Waals surface area contributed by atoms with Crippen molar-refractivity contribution in [2.75, 3.05) is 0 Å². The third-order valence-electron chi connectivity index (χ3n) is 1.61. The average Bonchev–Trinajstić information content (AvgIpc) is 1.98. The van der Waals surface area contributed by atoms with Gasteiger partial charge in [0.1, 0.15) is 0 Å². The molecule has 1 nitrogen and oxygen atoms in total. The molecule has 0 unspecified atom stereocenters. The van der Waals surface area contributed by atoms with E-state index in [2.05, 4.69) is 13.2 Å². The summed E-state index contributed by atoms with van der Waals surface area (Å²) in [5.74, 6) is 0.243. The van der Waals surface area contributed by atoms with Gasteiger partial charge in [0.25, 0.3) is 0 Å². The van der Waals surface area contributed by atoms with Crippen molar-refractivity contribution < 1.29 is 0 Å². The SMILES string of the molecule is C=C/C=C(\C(=C)C)C(=N)C(C)C. The summed E-state index contributed by atoms with van der Waals surface area (Å²) in [4.78, 5) is 0. The van der Waals surface area contributed by atoms with Gasteiger partial charge in [0.05, 0.1) is 0 Å². The van der Waals surface area contributed by atoms with Gasteiger partial charge in [0.2, 0.25) is 0 Å². The second-order valence-electron chi connectivity index (χ2n) is 3.16. The number of allylic oxidation sites excluding steroid dienone is 4. The Morgan fingerprint density at radius 3 is 2.17 bits per heavy atom. The van der Waals surface area contributed by atoms with Gasteiger partial charge in [-0.15, -0.1) is 0 Å². The minimum absolute atomic E-state index is 0.243. The van der Waals surface area contributed by atoms with Crippen molar-refractivity contribution in [3.63, 3.8) is 0 Å². The molecule has 0 aliphatic rings. The third kappa shape index (κ3) is 2.87. The number of hydrogen-bond acceptors (Lipinski definition) is 1. The fourth-order valence-electron chi connectivity index (χ4n) is 0.891. The molecule has 0 aromatic carbocycles. The maximum absolute atomic E-state index is 7.76. The minimum Gasteiger partial charge on any atom is -0.304 e. The van der Waals surface area contributed by atoms with Gasteiger partial charge in [-0.25, -0.2) is 0 Å². The molecule has 66 valence electrons. The van der Waals surface area contributed by atoms with Crippen LogP contribution in [0.2, 0.25) is 0 Å². The van der Waals surface area contributed by atoms with Gasteiger partial charge < -0.3 is 5.41 Å². The average molecular weight is 163 g/mol. The maximum Gasteiger partial charge on any atom is 0.0414 e. The standard InChI is InChI=1S/C11H17N/c1-6-7-10(8(2)3)11(12)9(4)5/h6-7,9,12H,1-2H2,3-5H3/b10-7+,12-11?. The largest absolute Gasteiger partial charge is 0.304 e. The van der Waals surface area contributed by atoms with Crippen molar-refractivity contribution in [3.05, 3.63) is 36.5 Å². The normalized spacial score (nSPS) is 11.5. The van der Waals surface area contributed by atoms with Gasteiger partial charge in [0.15, 0.2) is 0 Å². The zero-order chi connectivity index (χ0) is 9.72. The van der Waals surface area contributed by atoms with Crippen LogP contribution in [0.5, 0.6) is 0 Å². The molecule has 0 aromatic heterocycles. The van der Waals surface area contributed by atoms with E-state index in [1.54, 1.807) is 6.08 Å². The second kappa shape index (κ2) is 4.70. The van der Waals surface area contributed by atoms with Crippen molar-refractivity contribution in [2.45, 2.75) is 20.8 Å². The molecule has 1 N–H and O–H groups in total. The fraction of sp³-hybridized carbons (Fsp3) is 0.364. The van der Waals surface area contributed by atoms with Crippen molar-refractivity contribution >= 4 is 5.71 Å². The van der Waals surface area contributed by atoms with Crippen LogP contribution in [0, 0.1) is 11.3 Å². The lowest BCUT2D eigenvalue weighted by atomic mass is 9.95. The molecule has 12 heavy (non-hydrogen) atoms. The van der Waals surface area contributed by atoms with Crippen LogP contribution in [-0.2, 0) is 0 Å². The molecule has 0 heterocycles. The van der Waals surface area contributed by atoms with Crippen LogP contribution in [0.3, 0.4) is 0 Å². The molecule has 0 aliphatic heterocycles. The van der Waals surface area contributed by atoms with Crippen LogP contribution >= 0.6 is 0 Å². The zero-order valence-corrected chi connectivity index (χ0v) is 8.15. The summed E-state index contributed by atoms with van der Waals surface area (Å²) in [6.45, 7) is 13.3. The fourth-order valence-corrected chi connectivity index (χ4v) is 0.891. The Morgan fingerprint density at radius 1 is 1.42 bits per heavy atom. The van der Waals surface area contributed by atoms with Crippen LogP contribution in [0.15, 0.2) is 36.5 Å². The van der Waals surface area contributed by atoms with E-state index in [-0.39, 0.29) is 5.92 Å². The molecule has 0 bridgehead atoms. The predicted molar refractivity (Wildman–Crippen MR) is 55.7 cm³/mol. The molecule has 0 amide bonds. The summed E-state index contributed by atoms with van der Waals surface area (Å²) in [5.41, 5.74) is 2.45. The Kier molecular flexibility index (Phi) is 4.27. The second-order valence-corrected chi connectivity index (χ2v) is 3.16. The monoisotopic (exact) mass is 163 g/mol. The molecule has 0 rings (SSSR count). The predicted octanol–water partition coefficient (Wildman–Crippen LogP) is 3.35. The highest BCUT2D eigenvalue weighted by molar-refractivity contribution is 6.02. The van der Waals surface area contributed by atoms with Crippen molar-refractivity contribution in [1.82, 2.24) is 0 Å². The van der Waals surface area contributed by atoms with E-state index in [1.165, 1.54) is 0 Å². The van der Waals surface area contributed by atoms with Crippen molar-refractivity contribution in [3.8, 4) is 0 Å². The Balaban J connectivity index is 4.76. The van der Waals surface area contributed by atoms with Gasteiger partial charge in [-0.1, -0.05) is 39.2 Å². The lowest BCUT2D eigenvalue weighted by Crippen LogP contribution is -2.09. The zero-order valence-electron chi connectivity index (χ0n) is 8.15. The Labute approximate surface area is 75.0 Å². The lowest BCUT2D eigenvalue weighted by molar-refractivity contribution is 0.875. The molecule has 0 radical (unpaired) electrons. The van der Waals surface area contributed by atoms with E-state index in [1.807, 2.05) is 26.8 Å². The highest BCUT2D eigenvalue weighted by Gasteiger charge is 2.08. The first-order valence-corrected chi connectivity index (χ1v) is 4.08. The first-order chi connectivity index (χ1) is 5.50. The van der Waals surface area contributed by atoms with Crippen LogP contribution in [0.25, 0.3) is 0 Å². The third-order valence-corrected chi connectivity index (χ3v) is 1.61. The number of rotatable bonds is 4. The van der Waals surface area contributed by atoms with Gasteiger partial charge >= 0.3 is 0 Å². The summed E-state index contributed by atoms with van der Waals surface area (Å²) in [6.07, 6.45) is 3.53. The lowest BCUT2D eigenvalue weighted by Gasteiger charge is -2.11. The van der Waals surface area contributed by atoms with Gasteiger partial charge in [-0.05, 0) is 24.0 Å². The van der Waals surface area contributed by atoms with E-state index < -0.39 is 0 Å². The highest BCUT2D eigenvalue weighted by atomic mass is 14.4. The summed E-state index contributed by atoms with van der Waals surface area (Å²) in [7, 11) is 0. The molecule has 1 heteroatoms. The maximum atomic E-state index is 7.76. The topological polar surface area (TPSA) is 23.9 Å². The number of nitrogens with one attached hydrogen (secondary N) is 1. The minimum atomic E-state index is 0.243. The molecule has 0 spiro atoms. The summed E-state index contributed by atoms with van der Waals surface area (Å²) in [5, 5.41) is 7.76. The van der Waals surface area contributed by atoms with E-state index in [0.29, 0.717) is 5.71 Å². The Bertz CT molecular complexity index is 231. The Morgan fingerprint density at radius 2 is 1.92 bits per heavy atom. The molecule has 0 saturated carbocycles. The summed E-state index contributed by atoms with van der Waals surface area (Å²) < 4.78 is 0. The van der Waals surface area contributed by atoms with E-state index >= 15 is 0 Å². The summed E-state index contributed by atoms with van der Waals surface area (Å²) in [6, 6.07) is 0. The molecule has 0 aliphatic carbocycles.